The average molecular weight is 337 g/mol. The van der Waals surface area contributed by atoms with E-state index >= 15 is 0 Å². The Kier molecular flexibility index (Phi) is 4.78. The highest BCUT2D eigenvalue weighted by Crippen LogP contribution is 2.36. The van der Waals surface area contributed by atoms with Crippen LogP contribution in [0.5, 0.6) is 0 Å². The van der Waals surface area contributed by atoms with Gasteiger partial charge in [-0.15, -0.1) is 0 Å². The van der Waals surface area contributed by atoms with E-state index in [4.69, 9.17) is 9.31 Å². The largest absolute Gasteiger partial charge is 0.494 e. The summed E-state index contributed by atoms with van der Waals surface area (Å²) in [6.45, 7) is 12.8. The first-order valence-electron chi connectivity index (χ1n) is 9.09. The fraction of sp³-hybridized carbons (Fsp3) is 0.476. The lowest BCUT2D eigenvalue weighted by molar-refractivity contribution is 0.00578. The van der Waals surface area contributed by atoms with Crippen LogP contribution in [0.2, 0.25) is 0 Å². The molecule has 1 fully saturated rings. The molecule has 1 aromatic heterocycles. The smallest absolute Gasteiger partial charge is 0.399 e. The van der Waals surface area contributed by atoms with Gasteiger partial charge < -0.3 is 9.31 Å². The summed E-state index contributed by atoms with van der Waals surface area (Å²) in [6.07, 6.45) is 2.96. The van der Waals surface area contributed by atoms with E-state index in [1.165, 1.54) is 5.56 Å². The van der Waals surface area contributed by atoms with Crippen molar-refractivity contribution in [2.24, 2.45) is 5.92 Å². The van der Waals surface area contributed by atoms with Crippen LogP contribution in [-0.4, -0.2) is 23.3 Å². The van der Waals surface area contributed by atoms with Crippen LogP contribution in [0.4, 0.5) is 0 Å². The molecular formula is C21H28BNO2. The highest BCUT2D eigenvalue weighted by molar-refractivity contribution is 6.62. The highest BCUT2D eigenvalue weighted by Gasteiger charge is 2.51. The minimum absolute atomic E-state index is 0.330. The van der Waals surface area contributed by atoms with Gasteiger partial charge in [-0.1, -0.05) is 38.1 Å². The summed E-state index contributed by atoms with van der Waals surface area (Å²) in [5, 5.41) is 0. The van der Waals surface area contributed by atoms with Gasteiger partial charge in [-0.2, -0.15) is 0 Å². The van der Waals surface area contributed by atoms with E-state index in [1.54, 1.807) is 0 Å². The molecule has 3 nitrogen and oxygen atoms in total. The van der Waals surface area contributed by atoms with Gasteiger partial charge in [0.05, 0.1) is 16.9 Å². The maximum absolute atomic E-state index is 6.17. The van der Waals surface area contributed by atoms with Gasteiger partial charge in [0, 0.05) is 6.20 Å². The molecule has 0 bridgehead atoms. The second-order valence-corrected chi connectivity index (χ2v) is 8.36. The van der Waals surface area contributed by atoms with Gasteiger partial charge in [0.15, 0.2) is 0 Å². The van der Waals surface area contributed by atoms with Gasteiger partial charge in [0.25, 0.3) is 0 Å². The van der Waals surface area contributed by atoms with Crippen LogP contribution in [0.15, 0.2) is 42.6 Å². The first-order valence-corrected chi connectivity index (χ1v) is 9.09. The number of nitrogens with zero attached hydrogens (tertiary/aromatic N) is 1. The Morgan fingerprint density at radius 3 is 2.32 bits per heavy atom. The van der Waals surface area contributed by atoms with Gasteiger partial charge in [-0.25, -0.2) is 0 Å². The Bertz CT molecular complexity index is 739. The molecule has 0 saturated carbocycles. The molecule has 0 N–H and O–H groups in total. The van der Waals surface area contributed by atoms with Gasteiger partial charge >= 0.3 is 7.12 Å². The van der Waals surface area contributed by atoms with Gasteiger partial charge in [-0.3, -0.25) is 4.98 Å². The Hall–Kier alpha value is -1.65. The van der Waals surface area contributed by atoms with Crippen molar-refractivity contribution < 1.29 is 9.31 Å². The standard InChI is InChI=1S/C21H28BNO2/c1-15(2)12-16-10-11-23-19(13-16)17-8-7-9-18(14-17)22-24-20(3,4)21(5,6)25-22/h7-11,13-15H,12H2,1-6H3. The molecule has 1 aromatic carbocycles. The molecular weight excluding hydrogens is 309 g/mol. The molecule has 0 unspecified atom stereocenters. The minimum atomic E-state index is -0.344. The number of benzene rings is 1. The number of pyridine rings is 1. The predicted octanol–water partition coefficient (Wildman–Crippen LogP) is 4.25. The molecule has 132 valence electrons. The van der Waals surface area contributed by atoms with Crippen LogP contribution in [-0.2, 0) is 15.7 Å². The van der Waals surface area contributed by atoms with E-state index in [0.717, 1.165) is 23.1 Å². The molecule has 0 amide bonds. The van der Waals surface area contributed by atoms with Gasteiger partial charge in [-0.05, 0) is 68.8 Å². The van der Waals surface area contributed by atoms with E-state index in [-0.39, 0.29) is 18.3 Å². The lowest BCUT2D eigenvalue weighted by Gasteiger charge is -2.32. The van der Waals surface area contributed by atoms with Crippen molar-refractivity contribution >= 4 is 12.6 Å². The zero-order chi connectivity index (χ0) is 18.2. The summed E-state index contributed by atoms with van der Waals surface area (Å²) in [5.41, 5.74) is 3.79. The number of hydrogen-bond donors (Lipinski definition) is 0. The van der Waals surface area contributed by atoms with Crippen LogP contribution < -0.4 is 5.46 Å². The third kappa shape index (κ3) is 3.80. The monoisotopic (exact) mass is 337 g/mol. The Balaban J connectivity index is 1.88. The van der Waals surface area contributed by atoms with E-state index in [1.807, 2.05) is 12.3 Å². The van der Waals surface area contributed by atoms with Crippen molar-refractivity contribution in [3.8, 4) is 11.3 Å². The maximum Gasteiger partial charge on any atom is 0.494 e. The quantitative estimate of drug-likeness (QED) is 0.782. The molecule has 1 aliphatic heterocycles. The van der Waals surface area contributed by atoms with Crippen molar-refractivity contribution in [2.75, 3.05) is 0 Å². The fourth-order valence-corrected chi connectivity index (χ4v) is 3.05. The van der Waals surface area contributed by atoms with E-state index in [2.05, 4.69) is 76.9 Å². The molecule has 1 aliphatic rings. The highest BCUT2D eigenvalue weighted by atomic mass is 16.7. The summed E-state index contributed by atoms with van der Waals surface area (Å²) >= 11 is 0. The van der Waals surface area contributed by atoms with Gasteiger partial charge in [0.2, 0.25) is 0 Å². The van der Waals surface area contributed by atoms with Crippen LogP contribution in [0.3, 0.4) is 0 Å². The predicted molar refractivity (Wildman–Crippen MR) is 104 cm³/mol. The lowest BCUT2D eigenvalue weighted by Crippen LogP contribution is -2.41. The number of rotatable bonds is 4. The van der Waals surface area contributed by atoms with Crippen LogP contribution in [0.1, 0.15) is 47.1 Å². The molecule has 25 heavy (non-hydrogen) atoms. The third-order valence-electron chi connectivity index (χ3n) is 5.18. The first-order chi connectivity index (χ1) is 11.7. The molecule has 2 heterocycles. The first kappa shape index (κ1) is 18.2. The third-order valence-corrected chi connectivity index (χ3v) is 5.18. The van der Waals surface area contributed by atoms with E-state index in [9.17, 15) is 0 Å². The van der Waals surface area contributed by atoms with E-state index in [0.29, 0.717) is 5.92 Å². The normalized spacial score (nSPS) is 18.8. The Labute approximate surface area is 151 Å². The summed E-state index contributed by atoms with van der Waals surface area (Å²) in [7, 11) is -0.344. The Morgan fingerprint density at radius 1 is 1.00 bits per heavy atom. The SMILES string of the molecule is CC(C)Cc1ccnc(-c2cccc(B3OC(C)(C)C(C)(C)O3)c2)c1. The topological polar surface area (TPSA) is 31.4 Å². The van der Waals surface area contributed by atoms with Crippen LogP contribution >= 0.6 is 0 Å². The Morgan fingerprint density at radius 2 is 1.68 bits per heavy atom. The second-order valence-electron chi connectivity index (χ2n) is 8.36. The molecule has 4 heteroatoms. The van der Waals surface area contributed by atoms with Crippen molar-refractivity contribution in [1.29, 1.82) is 0 Å². The van der Waals surface area contributed by atoms with Crippen molar-refractivity contribution in [3.63, 3.8) is 0 Å². The number of aromatic nitrogens is 1. The number of hydrogen-bond acceptors (Lipinski definition) is 3. The van der Waals surface area contributed by atoms with Crippen molar-refractivity contribution in [1.82, 2.24) is 4.98 Å². The van der Waals surface area contributed by atoms with Crippen molar-refractivity contribution in [3.05, 3.63) is 48.2 Å². The van der Waals surface area contributed by atoms with Gasteiger partial charge in [0.1, 0.15) is 0 Å². The summed E-state index contributed by atoms with van der Waals surface area (Å²) in [5.74, 6) is 0.631. The maximum atomic E-state index is 6.17. The molecule has 0 aliphatic carbocycles. The van der Waals surface area contributed by atoms with Crippen molar-refractivity contribution in [2.45, 2.75) is 59.2 Å². The molecule has 1 saturated heterocycles. The summed E-state index contributed by atoms with van der Waals surface area (Å²) in [6, 6.07) is 12.6. The molecule has 0 atom stereocenters. The summed E-state index contributed by atoms with van der Waals surface area (Å²) < 4.78 is 12.3. The average Bonchev–Trinajstić information content (AvgIpc) is 2.75. The lowest BCUT2D eigenvalue weighted by atomic mass is 9.78. The molecule has 0 spiro atoms. The fourth-order valence-electron chi connectivity index (χ4n) is 3.05. The zero-order valence-corrected chi connectivity index (χ0v) is 16.2. The molecule has 3 rings (SSSR count). The minimum Gasteiger partial charge on any atom is -0.399 e. The molecule has 2 aromatic rings. The van der Waals surface area contributed by atoms with Crippen LogP contribution in [0, 0.1) is 5.92 Å². The summed E-state index contributed by atoms with van der Waals surface area (Å²) in [4.78, 5) is 4.56. The second kappa shape index (κ2) is 6.58. The van der Waals surface area contributed by atoms with Crippen LogP contribution in [0.25, 0.3) is 11.3 Å². The zero-order valence-electron chi connectivity index (χ0n) is 16.2. The van der Waals surface area contributed by atoms with E-state index < -0.39 is 0 Å². The molecule has 0 radical (unpaired) electrons.